The largest absolute Gasteiger partial charge is 0.491 e. The van der Waals surface area contributed by atoms with Gasteiger partial charge in [-0.2, -0.15) is 0 Å². The van der Waals surface area contributed by atoms with Crippen molar-refractivity contribution in [2.24, 2.45) is 5.84 Å². The Morgan fingerprint density at radius 1 is 1.20 bits per heavy atom. The molecule has 0 aliphatic heterocycles. The van der Waals surface area contributed by atoms with Crippen LogP contribution in [0.1, 0.15) is 31.4 Å². The predicted molar refractivity (Wildman–Crippen MR) is 79.6 cm³/mol. The average molecular weight is 282 g/mol. The van der Waals surface area contributed by atoms with Gasteiger partial charge in [-0.1, -0.05) is 31.5 Å². The van der Waals surface area contributed by atoms with Crippen LogP contribution in [0.25, 0.3) is 0 Å². The summed E-state index contributed by atoms with van der Waals surface area (Å²) >= 11 is 0. The Kier molecular flexibility index (Phi) is 8.22. The predicted octanol–water partition coefficient (Wildman–Crippen LogP) is 2.03. The van der Waals surface area contributed by atoms with Gasteiger partial charge in [-0.25, -0.2) is 0 Å². The maximum absolute atomic E-state index is 5.76. The smallest absolute Gasteiger partial charge is 0.124 e. The molecule has 3 N–H and O–H groups in total. The fraction of sp³-hybridized carbons (Fsp3) is 0.600. The van der Waals surface area contributed by atoms with Gasteiger partial charge in [0.05, 0.1) is 18.8 Å². The van der Waals surface area contributed by atoms with Crippen molar-refractivity contribution in [3.8, 4) is 5.75 Å². The van der Waals surface area contributed by atoms with Crippen LogP contribution in [0.15, 0.2) is 24.3 Å². The number of ether oxygens (including phenoxy) is 3. The van der Waals surface area contributed by atoms with Crippen LogP contribution >= 0.6 is 0 Å². The molecule has 0 aliphatic rings. The van der Waals surface area contributed by atoms with Gasteiger partial charge in [0.25, 0.3) is 0 Å². The van der Waals surface area contributed by atoms with E-state index < -0.39 is 0 Å². The van der Waals surface area contributed by atoms with E-state index in [1.165, 1.54) is 0 Å². The number of benzene rings is 1. The Bertz CT molecular complexity index is 374. The molecule has 5 nitrogen and oxygen atoms in total. The van der Waals surface area contributed by atoms with Gasteiger partial charge in [-0.3, -0.25) is 11.3 Å². The lowest BCUT2D eigenvalue weighted by Crippen LogP contribution is -2.37. The second kappa shape index (κ2) is 9.72. The second-order valence-corrected chi connectivity index (χ2v) is 4.59. The van der Waals surface area contributed by atoms with Crippen LogP contribution in [-0.2, 0) is 9.47 Å². The second-order valence-electron chi connectivity index (χ2n) is 4.59. The number of para-hydroxylation sites is 1. The summed E-state index contributed by atoms with van der Waals surface area (Å²) < 4.78 is 16.3. The van der Waals surface area contributed by atoms with Gasteiger partial charge in [-0.05, 0) is 12.5 Å². The fourth-order valence-corrected chi connectivity index (χ4v) is 2.21. The van der Waals surface area contributed by atoms with E-state index in [4.69, 9.17) is 20.1 Å². The van der Waals surface area contributed by atoms with Crippen LogP contribution < -0.4 is 16.0 Å². The van der Waals surface area contributed by atoms with Gasteiger partial charge >= 0.3 is 0 Å². The van der Waals surface area contributed by atoms with E-state index in [1.54, 1.807) is 14.2 Å². The van der Waals surface area contributed by atoms with Crippen LogP contribution in [0.2, 0.25) is 0 Å². The summed E-state index contributed by atoms with van der Waals surface area (Å²) in [5.74, 6) is 6.54. The number of nitrogens with one attached hydrogen (secondary N) is 1. The third-order valence-electron chi connectivity index (χ3n) is 3.23. The highest BCUT2D eigenvalue weighted by Crippen LogP contribution is 2.29. The molecule has 0 saturated heterocycles. The molecule has 2 atom stereocenters. The third-order valence-corrected chi connectivity index (χ3v) is 3.23. The van der Waals surface area contributed by atoms with Gasteiger partial charge in [0.2, 0.25) is 0 Å². The number of hydrazine groups is 1. The molecule has 0 bridgehead atoms. The Morgan fingerprint density at radius 2 is 1.95 bits per heavy atom. The molecule has 0 saturated carbocycles. The first-order chi connectivity index (χ1) is 9.78. The van der Waals surface area contributed by atoms with Crippen LogP contribution in [0, 0.1) is 0 Å². The molecule has 1 aromatic rings. The molecular weight excluding hydrogens is 256 g/mol. The van der Waals surface area contributed by atoms with Crippen LogP contribution in [0.5, 0.6) is 5.75 Å². The normalized spacial score (nSPS) is 14.0. The Hall–Kier alpha value is -1.14. The highest BCUT2D eigenvalue weighted by molar-refractivity contribution is 5.36. The lowest BCUT2D eigenvalue weighted by molar-refractivity contribution is 0.0591. The SMILES string of the molecule is CCCC(OC)C(NN)c1ccccc1OCCOC. The topological polar surface area (TPSA) is 65.7 Å². The average Bonchev–Trinajstić information content (AvgIpc) is 2.48. The van der Waals surface area contributed by atoms with E-state index in [1.807, 2.05) is 24.3 Å². The number of hydrogen-bond acceptors (Lipinski definition) is 5. The number of nitrogens with two attached hydrogens (primary N) is 1. The lowest BCUT2D eigenvalue weighted by Gasteiger charge is -2.27. The molecule has 0 spiro atoms. The van der Waals surface area contributed by atoms with Gasteiger partial charge in [-0.15, -0.1) is 0 Å². The summed E-state index contributed by atoms with van der Waals surface area (Å²) in [6, 6.07) is 7.77. The first-order valence-electron chi connectivity index (χ1n) is 6.98. The van der Waals surface area contributed by atoms with Crippen molar-refractivity contribution in [3.05, 3.63) is 29.8 Å². The molecule has 20 heavy (non-hydrogen) atoms. The van der Waals surface area contributed by atoms with E-state index in [0.717, 1.165) is 24.2 Å². The van der Waals surface area contributed by atoms with Crippen molar-refractivity contribution in [2.45, 2.75) is 31.9 Å². The zero-order valence-electron chi connectivity index (χ0n) is 12.6. The molecule has 2 unspecified atom stereocenters. The summed E-state index contributed by atoms with van der Waals surface area (Å²) in [4.78, 5) is 0. The number of rotatable bonds is 10. The first kappa shape index (κ1) is 16.9. The zero-order valence-corrected chi connectivity index (χ0v) is 12.6. The summed E-state index contributed by atoms with van der Waals surface area (Å²) in [5.41, 5.74) is 3.85. The maximum Gasteiger partial charge on any atom is 0.124 e. The zero-order chi connectivity index (χ0) is 14.8. The van der Waals surface area contributed by atoms with Gasteiger partial charge in [0.1, 0.15) is 12.4 Å². The summed E-state index contributed by atoms with van der Waals surface area (Å²) in [6.07, 6.45) is 1.97. The number of hydrogen-bond donors (Lipinski definition) is 2. The van der Waals surface area contributed by atoms with Crippen molar-refractivity contribution >= 4 is 0 Å². The molecule has 0 aliphatic carbocycles. The minimum absolute atomic E-state index is 0.0113. The van der Waals surface area contributed by atoms with Gasteiger partial charge in [0, 0.05) is 19.8 Å². The van der Waals surface area contributed by atoms with E-state index >= 15 is 0 Å². The highest BCUT2D eigenvalue weighted by atomic mass is 16.5. The van der Waals surface area contributed by atoms with Crippen LogP contribution in [0.4, 0.5) is 0 Å². The van der Waals surface area contributed by atoms with Crippen molar-refractivity contribution in [3.63, 3.8) is 0 Å². The summed E-state index contributed by atoms with van der Waals surface area (Å²) in [5, 5.41) is 0. The van der Waals surface area contributed by atoms with Crippen molar-refractivity contribution in [1.29, 1.82) is 0 Å². The standard InChI is InChI=1S/C15H26N2O3/c1-4-7-14(19-3)15(17-16)12-8-5-6-9-13(12)20-11-10-18-2/h5-6,8-9,14-15,17H,4,7,10-11,16H2,1-3H3. The van der Waals surface area contributed by atoms with Gasteiger partial charge < -0.3 is 14.2 Å². The maximum atomic E-state index is 5.76. The summed E-state index contributed by atoms with van der Waals surface area (Å²) in [6.45, 7) is 3.19. The fourth-order valence-electron chi connectivity index (χ4n) is 2.21. The van der Waals surface area contributed by atoms with Gasteiger partial charge in [0.15, 0.2) is 0 Å². The highest BCUT2D eigenvalue weighted by Gasteiger charge is 2.24. The molecule has 0 heterocycles. The lowest BCUT2D eigenvalue weighted by atomic mass is 9.98. The van der Waals surface area contributed by atoms with Crippen molar-refractivity contribution in [2.75, 3.05) is 27.4 Å². The quantitative estimate of drug-likeness (QED) is 0.390. The minimum atomic E-state index is -0.0984. The third kappa shape index (κ3) is 4.76. The molecule has 1 rings (SSSR count). The molecule has 1 aromatic carbocycles. The molecule has 5 heteroatoms. The monoisotopic (exact) mass is 282 g/mol. The minimum Gasteiger partial charge on any atom is -0.491 e. The van der Waals surface area contributed by atoms with Crippen LogP contribution in [0.3, 0.4) is 0 Å². The summed E-state index contributed by atoms with van der Waals surface area (Å²) in [7, 11) is 3.36. The van der Waals surface area contributed by atoms with E-state index in [9.17, 15) is 0 Å². The first-order valence-corrected chi connectivity index (χ1v) is 6.98. The molecule has 0 aromatic heterocycles. The Morgan fingerprint density at radius 3 is 2.55 bits per heavy atom. The number of methoxy groups -OCH3 is 2. The van der Waals surface area contributed by atoms with Crippen molar-refractivity contribution in [1.82, 2.24) is 5.43 Å². The Labute approximate surface area is 121 Å². The molecule has 0 fully saturated rings. The molecule has 114 valence electrons. The van der Waals surface area contributed by atoms with E-state index in [-0.39, 0.29) is 12.1 Å². The Balaban J connectivity index is 2.89. The molecule has 0 amide bonds. The van der Waals surface area contributed by atoms with E-state index in [0.29, 0.717) is 13.2 Å². The molecule has 0 radical (unpaired) electrons. The van der Waals surface area contributed by atoms with Crippen molar-refractivity contribution < 1.29 is 14.2 Å². The van der Waals surface area contributed by atoms with Crippen LogP contribution in [-0.4, -0.2) is 33.5 Å². The molecular formula is C15H26N2O3. The van der Waals surface area contributed by atoms with E-state index in [2.05, 4.69) is 12.3 Å².